The number of hydrogen-bond acceptors (Lipinski definition) is 4. The lowest BCUT2D eigenvalue weighted by Gasteiger charge is -2.26. The summed E-state index contributed by atoms with van der Waals surface area (Å²) in [6, 6.07) is 23.3. The van der Waals surface area contributed by atoms with Crippen molar-refractivity contribution >= 4 is 40.4 Å². The van der Waals surface area contributed by atoms with Gasteiger partial charge in [-0.2, -0.15) is 0 Å². The summed E-state index contributed by atoms with van der Waals surface area (Å²) in [7, 11) is 0. The summed E-state index contributed by atoms with van der Waals surface area (Å²) in [6.07, 6.45) is 1.42. The molecule has 36 heavy (non-hydrogen) atoms. The van der Waals surface area contributed by atoms with Crippen LogP contribution in [0.4, 0.5) is 14.9 Å². The zero-order chi connectivity index (χ0) is 25.2. The largest absolute Gasteiger partial charge is 0.488 e. The van der Waals surface area contributed by atoms with Gasteiger partial charge in [0.15, 0.2) is 0 Å². The number of fused-ring (bicyclic) bond motifs is 1. The fourth-order valence-electron chi connectivity index (χ4n) is 4.12. The molecule has 1 saturated heterocycles. The number of amides is 4. The Labute approximate surface area is 206 Å². The Morgan fingerprint density at radius 2 is 1.69 bits per heavy atom. The molecule has 0 saturated carbocycles. The number of benzene rings is 4. The molecule has 0 aliphatic carbocycles. The summed E-state index contributed by atoms with van der Waals surface area (Å²) in [5, 5.41) is 3.84. The number of anilines is 1. The van der Waals surface area contributed by atoms with Crippen LogP contribution in [0.2, 0.25) is 0 Å². The fourth-order valence-corrected chi connectivity index (χ4v) is 4.12. The summed E-state index contributed by atoms with van der Waals surface area (Å²) < 4.78 is 20.1. The van der Waals surface area contributed by atoms with E-state index in [1.54, 1.807) is 42.5 Å². The first-order chi connectivity index (χ1) is 17.4. The van der Waals surface area contributed by atoms with E-state index in [0.29, 0.717) is 22.6 Å². The van der Waals surface area contributed by atoms with Crippen molar-refractivity contribution in [1.29, 1.82) is 0 Å². The molecular weight excluding hydrogens is 459 g/mol. The second-order valence-corrected chi connectivity index (χ2v) is 8.38. The molecule has 0 radical (unpaired) electrons. The van der Waals surface area contributed by atoms with Crippen molar-refractivity contribution in [1.82, 2.24) is 5.32 Å². The molecule has 1 N–H and O–H groups in total. The van der Waals surface area contributed by atoms with Crippen LogP contribution < -0.4 is 15.0 Å². The minimum atomic E-state index is -0.818. The second kappa shape index (κ2) is 9.46. The minimum Gasteiger partial charge on any atom is -0.488 e. The molecule has 6 nitrogen and oxygen atoms in total. The van der Waals surface area contributed by atoms with Gasteiger partial charge in [0.05, 0.1) is 5.69 Å². The predicted molar refractivity (Wildman–Crippen MR) is 135 cm³/mol. The van der Waals surface area contributed by atoms with Crippen LogP contribution in [-0.4, -0.2) is 17.8 Å². The van der Waals surface area contributed by atoms with Gasteiger partial charge in [0.25, 0.3) is 11.8 Å². The number of nitrogens with one attached hydrogen (secondary N) is 1. The third-order valence-electron chi connectivity index (χ3n) is 5.92. The van der Waals surface area contributed by atoms with Crippen molar-refractivity contribution in [3.05, 3.63) is 113 Å². The van der Waals surface area contributed by atoms with Crippen molar-refractivity contribution < 1.29 is 23.5 Å². The van der Waals surface area contributed by atoms with E-state index in [4.69, 9.17) is 4.74 Å². The predicted octanol–water partition coefficient (Wildman–Crippen LogP) is 5.53. The van der Waals surface area contributed by atoms with E-state index in [-0.39, 0.29) is 12.2 Å². The lowest BCUT2D eigenvalue weighted by atomic mass is 9.99. The number of hydrogen-bond donors (Lipinski definition) is 1. The first-order valence-corrected chi connectivity index (χ1v) is 11.3. The third kappa shape index (κ3) is 4.34. The summed E-state index contributed by atoms with van der Waals surface area (Å²) in [6.45, 7) is 1.79. The maximum Gasteiger partial charge on any atom is 0.335 e. The van der Waals surface area contributed by atoms with E-state index in [1.165, 1.54) is 12.1 Å². The number of ether oxygens (including phenoxy) is 1. The van der Waals surface area contributed by atoms with Gasteiger partial charge in [-0.3, -0.25) is 14.9 Å². The lowest BCUT2D eigenvalue weighted by molar-refractivity contribution is -0.122. The number of halogens is 1. The molecular formula is C29H21FN2O4. The molecule has 0 aromatic heterocycles. The number of carbonyl (C=O) groups excluding carboxylic acids is 3. The number of carbonyl (C=O) groups is 3. The first-order valence-electron chi connectivity index (χ1n) is 11.3. The molecule has 1 aliphatic heterocycles. The first kappa shape index (κ1) is 23.0. The molecule has 5 rings (SSSR count). The SMILES string of the molecule is Cc1cccc(N2C(=O)NC(=O)/C(=C\c3c(OCc4ccccc4F)ccc4ccccc34)C2=O)c1. The number of rotatable bonds is 5. The maximum absolute atomic E-state index is 14.2. The van der Waals surface area contributed by atoms with Crippen LogP contribution in [0.15, 0.2) is 90.5 Å². The molecule has 4 amide bonds. The van der Waals surface area contributed by atoms with Crippen LogP contribution in [0.5, 0.6) is 5.75 Å². The summed E-state index contributed by atoms with van der Waals surface area (Å²) in [5.41, 5.74) is 1.83. The number of aryl methyl sites for hydroxylation is 1. The zero-order valence-corrected chi connectivity index (χ0v) is 19.3. The molecule has 7 heteroatoms. The highest BCUT2D eigenvalue weighted by molar-refractivity contribution is 6.39. The van der Waals surface area contributed by atoms with Gasteiger partial charge in [0.2, 0.25) is 0 Å². The number of urea groups is 1. The monoisotopic (exact) mass is 480 g/mol. The second-order valence-electron chi connectivity index (χ2n) is 8.38. The number of barbiturate groups is 1. The van der Waals surface area contributed by atoms with Crippen molar-refractivity contribution in [3.63, 3.8) is 0 Å². The smallest absolute Gasteiger partial charge is 0.335 e. The Morgan fingerprint density at radius 3 is 2.50 bits per heavy atom. The van der Waals surface area contributed by atoms with Crippen molar-refractivity contribution in [2.24, 2.45) is 0 Å². The van der Waals surface area contributed by atoms with Crippen LogP contribution >= 0.6 is 0 Å². The molecule has 0 bridgehead atoms. The van der Waals surface area contributed by atoms with E-state index in [9.17, 15) is 18.8 Å². The molecule has 4 aromatic carbocycles. The highest BCUT2D eigenvalue weighted by Gasteiger charge is 2.37. The van der Waals surface area contributed by atoms with Crippen LogP contribution in [0.1, 0.15) is 16.7 Å². The maximum atomic E-state index is 14.2. The van der Waals surface area contributed by atoms with Crippen LogP contribution in [-0.2, 0) is 16.2 Å². The molecule has 178 valence electrons. The van der Waals surface area contributed by atoms with E-state index in [1.807, 2.05) is 43.3 Å². The van der Waals surface area contributed by atoms with Gasteiger partial charge in [0.1, 0.15) is 23.7 Å². The van der Waals surface area contributed by atoms with E-state index >= 15 is 0 Å². The lowest BCUT2D eigenvalue weighted by Crippen LogP contribution is -2.54. The molecule has 0 spiro atoms. The van der Waals surface area contributed by atoms with Gasteiger partial charge in [-0.25, -0.2) is 14.1 Å². The van der Waals surface area contributed by atoms with Gasteiger partial charge in [-0.1, -0.05) is 60.7 Å². The third-order valence-corrected chi connectivity index (χ3v) is 5.92. The number of imide groups is 2. The van der Waals surface area contributed by atoms with Gasteiger partial charge >= 0.3 is 6.03 Å². The molecule has 0 unspecified atom stereocenters. The van der Waals surface area contributed by atoms with Crippen LogP contribution in [0.3, 0.4) is 0 Å². The van der Waals surface area contributed by atoms with Gasteiger partial charge < -0.3 is 4.74 Å². The van der Waals surface area contributed by atoms with Crippen molar-refractivity contribution in [2.45, 2.75) is 13.5 Å². The molecule has 0 atom stereocenters. The Bertz CT molecular complexity index is 1560. The Hall–Kier alpha value is -4.78. The Balaban J connectivity index is 1.59. The van der Waals surface area contributed by atoms with Crippen LogP contribution in [0, 0.1) is 12.7 Å². The summed E-state index contributed by atoms with van der Waals surface area (Å²) in [4.78, 5) is 39.7. The van der Waals surface area contributed by atoms with E-state index in [2.05, 4.69) is 5.32 Å². The summed E-state index contributed by atoms with van der Waals surface area (Å²) in [5.74, 6) is -1.58. The van der Waals surface area contributed by atoms with Crippen LogP contribution in [0.25, 0.3) is 16.8 Å². The van der Waals surface area contributed by atoms with Gasteiger partial charge in [-0.05, 0) is 53.6 Å². The summed E-state index contributed by atoms with van der Waals surface area (Å²) >= 11 is 0. The average Bonchev–Trinajstić information content (AvgIpc) is 2.86. The zero-order valence-electron chi connectivity index (χ0n) is 19.3. The molecule has 1 aliphatic rings. The van der Waals surface area contributed by atoms with Gasteiger partial charge in [0, 0.05) is 11.1 Å². The topological polar surface area (TPSA) is 75.7 Å². The minimum absolute atomic E-state index is 0.0464. The quantitative estimate of drug-likeness (QED) is 0.301. The fraction of sp³-hybridized carbons (Fsp3) is 0.0690. The molecule has 1 fully saturated rings. The highest BCUT2D eigenvalue weighted by atomic mass is 19.1. The van der Waals surface area contributed by atoms with E-state index < -0.39 is 23.7 Å². The Morgan fingerprint density at radius 1 is 0.917 bits per heavy atom. The Kier molecular flexibility index (Phi) is 6.04. The highest BCUT2D eigenvalue weighted by Crippen LogP contribution is 2.32. The standard InChI is InChI=1S/C29H21FN2O4/c1-18-7-6-10-21(15-18)32-28(34)24(27(33)31-29(32)35)16-23-22-11-4-2-8-19(22)13-14-26(23)36-17-20-9-3-5-12-25(20)30/h2-16H,17H2,1H3,(H,31,33,35)/b24-16+. The molecule has 4 aromatic rings. The number of nitrogens with zero attached hydrogens (tertiary/aromatic N) is 1. The average molecular weight is 480 g/mol. The van der Waals surface area contributed by atoms with Crippen molar-refractivity contribution in [3.8, 4) is 5.75 Å². The normalized spacial score (nSPS) is 14.9. The van der Waals surface area contributed by atoms with E-state index in [0.717, 1.165) is 21.2 Å². The van der Waals surface area contributed by atoms with Gasteiger partial charge in [-0.15, -0.1) is 0 Å². The molecule has 1 heterocycles. The van der Waals surface area contributed by atoms with Crippen molar-refractivity contribution in [2.75, 3.05) is 4.90 Å².